The number of aryl methyl sites for hydroxylation is 1. The fraction of sp³-hybridized carbons (Fsp3) is 0.488. The highest BCUT2D eigenvalue weighted by Crippen LogP contribution is 2.37. The molecule has 356 valence electrons. The van der Waals surface area contributed by atoms with E-state index in [1.165, 1.54) is 38.3 Å². The fourth-order valence-electron chi connectivity index (χ4n) is 6.22. The first-order chi connectivity index (χ1) is 30.6. The molecule has 2 aromatic carbocycles. The average molecular weight is 933 g/mol. The van der Waals surface area contributed by atoms with E-state index >= 15 is 0 Å². The summed E-state index contributed by atoms with van der Waals surface area (Å²) in [4.78, 5) is 108. The number of carbonyl (C=O) groups is 7. The van der Waals surface area contributed by atoms with E-state index < -0.39 is 92.4 Å². The lowest BCUT2D eigenvalue weighted by atomic mass is 10.0. The number of phosphoric ester groups is 1. The van der Waals surface area contributed by atoms with Crippen molar-refractivity contribution in [1.82, 2.24) is 36.3 Å². The number of aliphatic hydroxyl groups is 1. The van der Waals surface area contributed by atoms with Gasteiger partial charge < -0.3 is 51.2 Å². The number of carboxylic acid groups (broad SMARTS) is 1. The van der Waals surface area contributed by atoms with E-state index in [1.54, 1.807) is 49.0 Å². The molecule has 0 bridgehead atoms. The number of phosphoric acid groups is 1. The number of carbonyl (C=O) groups excluding carboxylic acids is 6. The van der Waals surface area contributed by atoms with Crippen LogP contribution < -0.4 is 36.3 Å². The quantitative estimate of drug-likeness (QED) is 0.0274. The van der Waals surface area contributed by atoms with Crippen LogP contribution >= 0.6 is 7.82 Å². The summed E-state index contributed by atoms with van der Waals surface area (Å²) in [6, 6.07) is 5.95. The lowest BCUT2D eigenvalue weighted by Gasteiger charge is -2.27. The average Bonchev–Trinajstić information content (AvgIpc) is 3.69. The standard InChI is InChI=1S/C41H57N8O15P/c1-24(2)19-32(37(42)54)45-40(57)36(25(3)50)46-38(55)31(16-17-35(52)53)44-39(56)33(20-26-12-14-29(15-13-26)64-65(59,60)61)43-34(51)11-6-5-7-18-49-22-28(47-48-49)23-63-30-10-8-9-27(21-30)41(58)62-4/h8-10,12-15,21-22,24-25,31-33,36,50H,5-7,11,16-20,23H2,1-4H3,(H2,42,54)(H,43,51)(H,44,56)(H,45,57)(H,46,55)(H,52,53)(H2,59,60,61)/t25-,31+,32+,33+,36+/m1/s1. The van der Waals surface area contributed by atoms with Gasteiger partial charge in [0, 0.05) is 25.8 Å². The minimum Gasteiger partial charge on any atom is -0.487 e. The predicted molar refractivity (Wildman–Crippen MR) is 228 cm³/mol. The van der Waals surface area contributed by atoms with Gasteiger partial charge in [-0.3, -0.25) is 43.2 Å². The second kappa shape index (κ2) is 25.8. The molecule has 3 aromatic rings. The number of amides is 5. The van der Waals surface area contributed by atoms with Crippen molar-refractivity contribution in [1.29, 1.82) is 0 Å². The summed E-state index contributed by atoms with van der Waals surface area (Å²) in [7, 11) is -3.60. The van der Waals surface area contributed by atoms with Crippen LogP contribution in [-0.4, -0.2) is 114 Å². The molecule has 0 spiro atoms. The van der Waals surface area contributed by atoms with Gasteiger partial charge in [-0.2, -0.15) is 0 Å². The molecular weight excluding hydrogens is 875 g/mol. The Kier molecular flexibility index (Phi) is 21.0. The third-order valence-corrected chi connectivity index (χ3v) is 9.92. The minimum absolute atomic E-state index is 0.0306. The molecule has 0 radical (unpaired) electrons. The molecule has 5 amide bonds. The van der Waals surface area contributed by atoms with Gasteiger partial charge in [0.2, 0.25) is 29.5 Å². The number of aromatic nitrogens is 3. The molecule has 65 heavy (non-hydrogen) atoms. The van der Waals surface area contributed by atoms with Crippen LogP contribution in [-0.2, 0) is 57.6 Å². The lowest BCUT2D eigenvalue weighted by molar-refractivity contribution is -0.139. The lowest BCUT2D eigenvalue weighted by Crippen LogP contribution is -2.60. The first-order valence-corrected chi connectivity index (χ1v) is 22.1. The first kappa shape index (κ1) is 52.9. The number of rotatable bonds is 28. The van der Waals surface area contributed by atoms with Crippen molar-refractivity contribution in [2.75, 3.05) is 7.11 Å². The van der Waals surface area contributed by atoms with Gasteiger partial charge in [0.1, 0.15) is 48.0 Å². The molecule has 0 aliphatic carbocycles. The summed E-state index contributed by atoms with van der Waals surface area (Å²) in [5.74, 6) is -5.97. The maximum Gasteiger partial charge on any atom is 0.524 e. The van der Waals surface area contributed by atoms with Crippen molar-refractivity contribution in [3.05, 3.63) is 71.5 Å². The third-order valence-electron chi connectivity index (χ3n) is 9.47. The smallest absolute Gasteiger partial charge is 0.487 e. The molecule has 3 rings (SSSR count). The molecule has 1 heterocycles. The van der Waals surface area contributed by atoms with Crippen LogP contribution in [0.15, 0.2) is 54.7 Å². The Labute approximate surface area is 374 Å². The monoisotopic (exact) mass is 932 g/mol. The molecular formula is C41H57N8O15P. The highest BCUT2D eigenvalue weighted by atomic mass is 31.2. The van der Waals surface area contributed by atoms with Gasteiger partial charge in [0.25, 0.3) is 0 Å². The van der Waals surface area contributed by atoms with Crippen LogP contribution in [0.1, 0.15) is 87.3 Å². The summed E-state index contributed by atoms with van der Waals surface area (Å²) < 4.78 is 27.9. The number of carboxylic acids is 1. The number of aliphatic carboxylic acids is 1. The highest BCUT2D eigenvalue weighted by molar-refractivity contribution is 7.46. The number of esters is 1. The highest BCUT2D eigenvalue weighted by Gasteiger charge is 2.33. The number of nitrogens with two attached hydrogens (primary N) is 1. The van der Waals surface area contributed by atoms with Gasteiger partial charge in [-0.1, -0.05) is 43.7 Å². The van der Waals surface area contributed by atoms with Crippen LogP contribution in [0.25, 0.3) is 0 Å². The maximum atomic E-state index is 13.9. The number of aliphatic hydroxyl groups excluding tert-OH is 1. The van der Waals surface area contributed by atoms with Crippen molar-refractivity contribution in [3.63, 3.8) is 0 Å². The Morgan fingerprint density at radius 3 is 2.12 bits per heavy atom. The Morgan fingerprint density at radius 1 is 0.831 bits per heavy atom. The number of ether oxygens (including phenoxy) is 2. The molecule has 1 aromatic heterocycles. The topological polar surface area (TPSA) is 350 Å². The molecule has 0 saturated carbocycles. The number of benzene rings is 2. The molecule has 0 aliphatic rings. The van der Waals surface area contributed by atoms with E-state index in [9.17, 15) is 48.3 Å². The van der Waals surface area contributed by atoms with Crippen molar-refractivity contribution in [2.45, 2.75) is 116 Å². The Bertz CT molecular complexity index is 2140. The SMILES string of the molecule is COC(=O)c1cccc(OCc2cn(CCCCCC(=O)N[C@@H](Cc3ccc(OP(=O)(O)O)cc3)C(=O)N[C@@H](CCC(=O)O)C(=O)N[C@H](C(=O)N[C@@H](CC(C)C)C(N)=O)[C@@H](C)O)nn2)c1. The number of nitrogens with one attached hydrogen (secondary N) is 4. The molecule has 0 fully saturated rings. The van der Waals surface area contributed by atoms with Crippen molar-refractivity contribution in [3.8, 4) is 11.5 Å². The largest absolute Gasteiger partial charge is 0.524 e. The molecule has 0 aliphatic heterocycles. The second-order valence-corrected chi connectivity index (χ2v) is 16.6. The van der Waals surface area contributed by atoms with Gasteiger partial charge in [0.05, 0.1) is 25.0 Å². The van der Waals surface area contributed by atoms with Crippen LogP contribution in [0.2, 0.25) is 0 Å². The number of hydrogen-bond acceptors (Lipinski definition) is 14. The van der Waals surface area contributed by atoms with Gasteiger partial charge in [-0.05, 0) is 74.4 Å². The van der Waals surface area contributed by atoms with E-state index in [1.807, 2.05) is 0 Å². The third kappa shape index (κ3) is 19.5. The maximum absolute atomic E-state index is 13.9. The molecule has 24 heteroatoms. The zero-order valence-electron chi connectivity index (χ0n) is 36.4. The van der Waals surface area contributed by atoms with Crippen LogP contribution in [0.3, 0.4) is 0 Å². The van der Waals surface area contributed by atoms with E-state index in [2.05, 4.69) is 36.1 Å². The number of unbranched alkanes of at least 4 members (excludes halogenated alkanes) is 2. The summed E-state index contributed by atoms with van der Waals surface area (Å²) in [5.41, 5.74) is 6.69. The first-order valence-electron chi connectivity index (χ1n) is 20.6. The zero-order chi connectivity index (χ0) is 48.3. The minimum atomic E-state index is -4.88. The van der Waals surface area contributed by atoms with Crippen LogP contribution in [0, 0.1) is 5.92 Å². The molecule has 0 saturated heterocycles. The number of methoxy groups -OCH3 is 1. The molecule has 23 nitrogen and oxygen atoms in total. The van der Waals surface area contributed by atoms with E-state index in [4.69, 9.17) is 25.0 Å². The van der Waals surface area contributed by atoms with Crippen molar-refractivity contribution >= 4 is 49.3 Å². The summed E-state index contributed by atoms with van der Waals surface area (Å²) >= 11 is 0. The van der Waals surface area contributed by atoms with E-state index in [-0.39, 0.29) is 37.5 Å². The fourth-order valence-corrected chi connectivity index (χ4v) is 6.62. The Balaban J connectivity index is 1.68. The zero-order valence-corrected chi connectivity index (χ0v) is 37.3. The summed E-state index contributed by atoms with van der Waals surface area (Å²) in [6.45, 7) is 5.31. The Hall–Kier alpha value is -6.42. The van der Waals surface area contributed by atoms with Gasteiger partial charge in [-0.25, -0.2) is 9.36 Å². The van der Waals surface area contributed by atoms with Gasteiger partial charge >= 0.3 is 19.8 Å². The van der Waals surface area contributed by atoms with Crippen LogP contribution in [0.4, 0.5) is 0 Å². The van der Waals surface area contributed by atoms with Crippen LogP contribution in [0.5, 0.6) is 11.5 Å². The van der Waals surface area contributed by atoms with Gasteiger partial charge in [-0.15, -0.1) is 5.10 Å². The van der Waals surface area contributed by atoms with Crippen molar-refractivity contribution in [2.24, 2.45) is 11.7 Å². The predicted octanol–water partition coefficient (Wildman–Crippen LogP) is 0.635. The summed E-state index contributed by atoms with van der Waals surface area (Å²) in [5, 5.41) is 37.8. The van der Waals surface area contributed by atoms with Crippen molar-refractivity contribution < 1.29 is 72.1 Å². The normalized spacial score (nSPS) is 13.6. The molecule has 0 unspecified atom stereocenters. The number of nitrogens with zero attached hydrogens (tertiary/aromatic N) is 3. The number of hydrogen-bond donors (Lipinski definition) is 9. The Morgan fingerprint density at radius 2 is 1.51 bits per heavy atom. The molecule has 10 N–H and O–H groups in total. The summed E-state index contributed by atoms with van der Waals surface area (Å²) in [6.07, 6.45) is 0.544. The van der Waals surface area contributed by atoms with Gasteiger partial charge in [0.15, 0.2) is 0 Å². The van der Waals surface area contributed by atoms with E-state index in [0.717, 1.165) is 0 Å². The molecule has 5 atom stereocenters. The second-order valence-electron chi connectivity index (χ2n) is 15.5. The number of primary amides is 1. The van der Waals surface area contributed by atoms with E-state index in [0.29, 0.717) is 48.4 Å².